The van der Waals surface area contributed by atoms with E-state index in [1.165, 1.54) is 0 Å². The fourth-order valence-corrected chi connectivity index (χ4v) is 2.74. The van der Waals surface area contributed by atoms with Crippen LogP contribution in [0, 0.1) is 6.92 Å². The van der Waals surface area contributed by atoms with Crippen molar-refractivity contribution in [2.75, 3.05) is 12.9 Å². The molecule has 0 bridgehead atoms. The summed E-state index contributed by atoms with van der Waals surface area (Å²) < 4.78 is 8.00. The normalized spacial score (nSPS) is 10.6. The largest absolute Gasteiger partial charge is 0.495 e. The van der Waals surface area contributed by atoms with E-state index in [4.69, 9.17) is 9.84 Å². The van der Waals surface area contributed by atoms with Crippen LogP contribution in [0.3, 0.4) is 0 Å². The van der Waals surface area contributed by atoms with Crippen LogP contribution in [-0.4, -0.2) is 38.7 Å². The Morgan fingerprint density at radius 2 is 2.25 bits per heavy atom. The maximum absolute atomic E-state index is 10.7. The van der Waals surface area contributed by atoms with Gasteiger partial charge in [0.1, 0.15) is 11.6 Å². The Hall–Kier alpha value is -1.54. The summed E-state index contributed by atoms with van der Waals surface area (Å²) in [5.41, 5.74) is 0.761. The number of rotatable bonds is 5. The maximum atomic E-state index is 10.7. The molecule has 0 amide bonds. The molecule has 0 atom stereocenters. The molecule has 2 aromatic rings. The third-order valence-corrected chi connectivity index (χ3v) is 3.91. The Balaban J connectivity index is 2.49. The lowest BCUT2D eigenvalue weighted by Crippen LogP contribution is -2.04. The van der Waals surface area contributed by atoms with Gasteiger partial charge in [-0.05, 0) is 25.1 Å². The predicted octanol–water partition coefficient (Wildman–Crippen LogP) is 2.52. The molecule has 0 saturated carbocycles. The zero-order valence-corrected chi connectivity index (χ0v) is 13.2. The van der Waals surface area contributed by atoms with Crippen LogP contribution in [0.4, 0.5) is 0 Å². The van der Waals surface area contributed by atoms with E-state index in [1.807, 2.05) is 18.2 Å². The molecule has 1 heterocycles. The number of hydrogen-bond acceptors (Lipinski definition) is 5. The number of thioether (sulfide) groups is 1. The van der Waals surface area contributed by atoms with Gasteiger partial charge in [0.05, 0.1) is 18.6 Å². The number of aromatic nitrogens is 3. The lowest BCUT2D eigenvalue weighted by Gasteiger charge is -2.12. The molecule has 0 radical (unpaired) electrons. The summed E-state index contributed by atoms with van der Waals surface area (Å²) in [5, 5.41) is 17.3. The summed E-state index contributed by atoms with van der Waals surface area (Å²) in [6.45, 7) is 1.80. The second-order valence-corrected chi connectivity index (χ2v) is 5.72. The summed E-state index contributed by atoms with van der Waals surface area (Å²) in [4.78, 5) is 10.7. The van der Waals surface area contributed by atoms with Gasteiger partial charge in [0.15, 0.2) is 5.16 Å². The van der Waals surface area contributed by atoms with Crippen LogP contribution in [0.25, 0.3) is 5.69 Å². The van der Waals surface area contributed by atoms with Crippen molar-refractivity contribution in [3.8, 4) is 11.4 Å². The fraction of sp³-hybridized carbons (Fsp3) is 0.250. The highest BCUT2D eigenvalue weighted by molar-refractivity contribution is 9.10. The van der Waals surface area contributed by atoms with Gasteiger partial charge in [0, 0.05) is 4.47 Å². The van der Waals surface area contributed by atoms with Crippen LogP contribution in [0.2, 0.25) is 0 Å². The summed E-state index contributed by atoms with van der Waals surface area (Å²) in [7, 11) is 1.58. The number of carboxylic acid groups (broad SMARTS) is 1. The van der Waals surface area contributed by atoms with Crippen molar-refractivity contribution in [1.29, 1.82) is 0 Å². The van der Waals surface area contributed by atoms with Gasteiger partial charge < -0.3 is 9.84 Å². The number of halogens is 1. The SMILES string of the molecule is COc1ccc(Br)cc1-n1c(C)nnc1SCC(=O)O. The first-order valence-corrected chi connectivity index (χ1v) is 7.41. The summed E-state index contributed by atoms with van der Waals surface area (Å²) in [6.07, 6.45) is 0. The lowest BCUT2D eigenvalue weighted by molar-refractivity contribution is -0.133. The molecular weight excluding hydrogens is 346 g/mol. The molecule has 106 valence electrons. The Morgan fingerprint density at radius 3 is 2.90 bits per heavy atom. The van der Waals surface area contributed by atoms with Crippen LogP contribution in [0.15, 0.2) is 27.8 Å². The molecule has 0 saturated heterocycles. The van der Waals surface area contributed by atoms with Gasteiger partial charge in [0.25, 0.3) is 0 Å². The molecule has 1 aromatic carbocycles. The molecule has 0 fully saturated rings. The van der Waals surface area contributed by atoms with Crippen molar-refractivity contribution in [3.63, 3.8) is 0 Å². The molecule has 1 aromatic heterocycles. The Morgan fingerprint density at radius 1 is 1.50 bits per heavy atom. The number of methoxy groups -OCH3 is 1. The Kier molecular flexibility index (Phi) is 4.66. The van der Waals surface area contributed by atoms with Gasteiger partial charge in [-0.25, -0.2) is 0 Å². The number of ether oxygens (including phenoxy) is 1. The summed E-state index contributed by atoms with van der Waals surface area (Å²) >= 11 is 4.53. The number of carboxylic acids is 1. The molecule has 1 N–H and O–H groups in total. The molecule has 0 unspecified atom stereocenters. The van der Waals surface area contributed by atoms with E-state index >= 15 is 0 Å². The molecule has 0 aliphatic carbocycles. The maximum Gasteiger partial charge on any atom is 0.313 e. The van der Waals surface area contributed by atoms with E-state index < -0.39 is 5.97 Å². The zero-order chi connectivity index (χ0) is 14.7. The first-order valence-electron chi connectivity index (χ1n) is 5.63. The van der Waals surface area contributed by atoms with Gasteiger partial charge >= 0.3 is 5.97 Å². The van der Waals surface area contributed by atoms with E-state index in [-0.39, 0.29) is 5.75 Å². The van der Waals surface area contributed by atoms with Crippen molar-refractivity contribution >= 4 is 33.7 Å². The van der Waals surface area contributed by atoms with Crippen LogP contribution in [0.5, 0.6) is 5.75 Å². The van der Waals surface area contributed by atoms with Crippen molar-refractivity contribution < 1.29 is 14.6 Å². The van der Waals surface area contributed by atoms with E-state index in [2.05, 4.69) is 26.1 Å². The van der Waals surface area contributed by atoms with Gasteiger partial charge in [-0.15, -0.1) is 10.2 Å². The van der Waals surface area contributed by atoms with Crippen LogP contribution in [0.1, 0.15) is 5.82 Å². The Labute approximate surface area is 128 Å². The number of aryl methyl sites for hydroxylation is 1. The minimum atomic E-state index is -0.900. The van der Waals surface area contributed by atoms with Gasteiger partial charge in [-0.1, -0.05) is 27.7 Å². The average Bonchev–Trinajstić information content (AvgIpc) is 2.77. The first-order chi connectivity index (χ1) is 9.52. The highest BCUT2D eigenvalue weighted by atomic mass is 79.9. The lowest BCUT2D eigenvalue weighted by atomic mass is 10.3. The third-order valence-electron chi connectivity index (χ3n) is 2.50. The third kappa shape index (κ3) is 3.13. The Bertz CT molecular complexity index is 645. The zero-order valence-electron chi connectivity index (χ0n) is 10.8. The minimum Gasteiger partial charge on any atom is -0.495 e. The van der Waals surface area contributed by atoms with E-state index in [0.717, 1.165) is 21.9 Å². The summed E-state index contributed by atoms with van der Waals surface area (Å²) in [5.74, 6) is 0.347. The number of carbonyl (C=O) groups is 1. The number of hydrogen-bond donors (Lipinski definition) is 1. The molecule has 20 heavy (non-hydrogen) atoms. The van der Waals surface area contributed by atoms with Crippen LogP contribution < -0.4 is 4.74 Å². The van der Waals surface area contributed by atoms with Crippen molar-refractivity contribution in [2.45, 2.75) is 12.1 Å². The summed E-state index contributed by atoms with van der Waals surface area (Å²) in [6, 6.07) is 5.57. The molecule has 0 aliphatic heterocycles. The van der Waals surface area contributed by atoms with Gasteiger partial charge in [-0.3, -0.25) is 9.36 Å². The van der Waals surface area contributed by atoms with Crippen molar-refractivity contribution in [1.82, 2.24) is 14.8 Å². The highest BCUT2D eigenvalue weighted by Crippen LogP contribution is 2.30. The van der Waals surface area contributed by atoms with E-state index in [9.17, 15) is 4.79 Å². The van der Waals surface area contributed by atoms with E-state index in [0.29, 0.717) is 16.7 Å². The average molecular weight is 358 g/mol. The van der Waals surface area contributed by atoms with E-state index in [1.54, 1.807) is 18.6 Å². The molecule has 0 spiro atoms. The predicted molar refractivity (Wildman–Crippen MR) is 78.7 cm³/mol. The van der Waals surface area contributed by atoms with Crippen molar-refractivity contribution in [2.24, 2.45) is 0 Å². The standard InChI is InChI=1S/C12H12BrN3O3S/c1-7-14-15-12(20-6-11(17)18)16(7)9-5-8(13)3-4-10(9)19-2/h3-5H,6H2,1-2H3,(H,17,18). The molecule has 8 heteroatoms. The molecule has 2 rings (SSSR count). The number of nitrogens with zero attached hydrogens (tertiary/aromatic N) is 3. The second-order valence-electron chi connectivity index (χ2n) is 3.86. The number of benzene rings is 1. The quantitative estimate of drug-likeness (QED) is 0.828. The smallest absolute Gasteiger partial charge is 0.313 e. The molecular formula is C12H12BrN3O3S. The second kappa shape index (κ2) is 6.27. The number of aliphatic carboxylic acids is 1. The van der Waals surface area contributed by atoms with Gasteiger partial charge in [-0.2, -0.15) is 0 Å². The molecule has 0 aliphatic rings. The minimum absolute atomic E-state index is 0.0749. The monoisotopic (exact) mass is 357 g/mol. The topological polar surface area (TPSA) is 77.2 Å². The van der Waals surface area contributed by atoms with Crippen LogP contribution in [-0.2, 0) is 4.79 Å². The highest BCUT2D eigenvalue weighted by Gasteiger charge is 2.16. The van der Waals surface area contributed by atoms with Crippen LogP contribution >= 0.6 is 27.7 Å². The first kappa shape index (κ1) is 14.9. The fourth-order valence-electron chi connectivity index (χ4n) is 1.68. The van der Waals surface area contributed by atoms with Crippen molar-refractivity contribution in [3.05, 3.63) is 28.5 Å². The van der Waals surface area contributed by atoms with Gasteiger partial charge in [0.2, 0.25) is 0 Å². The molecule has 6 nitrogen and oxygen atoms in total.